The topological polar surface area (TPSA) is 232 Å². The number of alkyl carbamates (subject to hydrolysis) is 1. The fourth-order valence-corrected chi connectivity index (χ4v) is 6.45. The van der Waals surface area contributed by atoms with Crippen molar-refractivity contribution in [2.24, 2.45) is 17.4 Å². The maximum atomic E-state index is 14.1. The van der Waals surface area contributed by atoms with E-state index in [1.54, 1.807) is 54.6 Å². The second-order valence-corrected chi connectivity index (χ2v) is 14.7. The number of primary amides is 2. The Balaban J connectivity index is 1.51. The lowest BCUT2D eigenvalue weighted by atomic mass is 10.0. The fourth-order valence-electron chi connectivity index (χ4n) is 6.45. The van der Waals surface area contributed by atoms with Gasteiger partial charge >= 0.3 is 6.09 Å². The van der Waals surface area contributed by atoms with Gasteiger partial charge in [-0.25, -0.2) is 9.18 Å². The van der Waals surface area contributed by atoms with Crippen molar-refractivity contribution in [3.8, 4) is 0 Å². The van der Waals surface area contributed by atoms with Crippen LogP contribution in [0.5, 0.6) is 0 Å². The Kier molecular flexibility index (Phi) is 17.1. The van der Waals surface area contributed by atoms with Crippen molar-refractivity contribution in [1.82, 2.24) is 21.3 Å². The smallest absolute Gasteiger partial charge is 0.408 e. The van der Waals surface area contributed by atoms with E-state index in [2.05, 4.69) is 21.3 Å². The van der Waals surface area contributed by atoms with Crippen molar-refractivity contribution in [3.05, 3.63) is 114 Å². The van der Waals surface area contributed by atoms with Crippen LogP contribution in [-0.4, -0.2) is 72.2 Å². The number of rotatable bonds is 21. The summed E-state index contributed by atoms with van der Waals surface area (Å²) in [6.07, 6.45) is 1.76. The normalized spacial score (nSPS) is 14.1. The van der Waals surface area contributed by atoms with Crippen molar-refractivity contribution in [1.29, 1.82) is 0 Å². The average Bonchev–Trinajstić information content (AvgIpc) is 3.62. The summed E-state index contributed by atoms with van der Waals surface area (Å²) in [6.45, 7) is 4.02. The molecule has 4 rings (SSSR count). The van der Waals surface area contributed by atoms with Crippen LogP contribution in [-0.2, 0) is 53.0 Å². The zero-order chi connectivity index (χ0) is 42.9. The van der Waals surface area contributed by atoms with Crippen molar-refractivity contribution < 1.29 is 42.7 Å². The standard InChI is InChI=1S/C43H52FN7O8/c1-27(2)23-34(50-43(58)59-26-29-11-7-4-8-12-29)41(56)49-35(24-28-9-5-3-6-10-28)42(57)48-33(16-19-38(46)53)40(55)47-32(14-18-37(45)52)15-20-39(54)51-22-21-30-25-31(44)13-17-36(30)51/h3-13,15,17,20,25,27,32-35H,14,16,18-19,21-24,26H2,1-2H3,(H2,45,52)(H2,46,53)(H,47,55)(H,48,57)(H,49,56)(H,50,58)/b20-15+/t32-,33-,34-,35-/m0/s1. The number of nitrogens with zero attached hydrogens (tertiary/aromatic N) is 1. The second-order valence-electron chi connectivity index (χ2n) is 14.7. The summed E-state index contributed by atoms with van der Waals surface area (Å²) < 4.78 is 19.1. The highest BCUT2D eigenvalue weighted by atomic mass is 19.1. The molecule has 3 aromatic rings. The Labute approximate surface area is 342 Å². The van der Waals surface area contributed by atoms with E-state index in [1.807, 2.05) is 19.9 Å². The van der Waals surface area contributed by atoms with Gasteiger partial charge in [-0.15, -0.1) is 0 Å². The molecule has 1 aliphatic heterocycles. The van der Waals surface area contributed by atoms with Gasteiger partial charge < -0.3 is 42.4 Å². The Morgan fingerprint density at radius 2 is 1.34 bits per heavy atom. The molecule has 15 nitrogen and oxygen atoms in total. The Hall–Kier alpha value is -6.58. The average molecular weight is 814 g/mol. The molecule has 3 aromatic carbocycles. The number of fused-ring (bicyclic) bond motifs is 1. The number of carbonyl (C=O) groups excluding carboxylic acids is 7. The minimum atomic E-state index is -1.36. The summed E-state index contributed by atoms with van der Waals surface area (Å²) in [5.41, 5.74) is 13.5. The summed E-state index contributed by atoms with van der Waals surface area (Å²) in [7, 11) is 0. The van der Waals surface area contributed by atoms with Crippen LogP contribution in [0, 0.1) is 11.7 Å². The van der Waals surface area contributed by atoms with Gasteiger partial charge in [-0.05, 0) is 66.5 Å². The predicted octanol–water partition coefficient (Wildman–Crippen LogP) is 2.84. The number of nitrogens with two attached hydrogens (primary N) is 2. The highest BCUT2D eigenvalue weighted by Crippen LogP contribution is 2.28. The number of anilines is 1. The van der Waals surface area contributed by atoms with Gasteiger partial charge in [0.25, 0.3) is 5.91 Å². The first-order valence-electron chi connectivity index (χ1n) is 19.5. The van der Waals surface area contributed by atoms with Crippen molar-refractivity contribution in [3.63, 3.8) is 0 Å². The zero-order valence-corrected chi connectivity index (χ0v) is 33.2. The molecule has 0 bridgehead atoms. The van der Waals surface area contributed by atoms with Gasteiger partial charge in [0.1, 0.15) is 30.5 Å². The van der Waals surface area contributed by atoms with Crippen molar-refractivity contribution in [2.45, 2.75) is 89.6 Å². The van der Waals surface area contributed by atoms with Crippen LogP contribution in [0.15, 0.2) is 91.0 Å². The molecule has 0 saturated carbocycles. The van der Waals surface area contributed by atoms with E-state index >= 15 is 0 Å². The fraction of sp³-hybridized carbons (Fsp3) is 0.372. The number of benzene rings is 3. The van der Waals surface area contributed by atoms with Crippen LogP contribution in [0.25, 0.3) is 0 Å². The lowest BCUT2D eigenvalue weighted by Gasteiger charge is -2.26. The number of carbonyl (C=O) groups is 7. The maximum Gasteiger partial charge on any atom is 0.408 e. The number of hydrogen-bond acceptors (Lipinski definition) is 8. The molecule has 0 aromatic heterocycles. The molecule has 0 spiro atoms. The highest BCUT2D eigenvalue weighted by Gasteiger charge is 2.32. The first-order chi connectivity index (χ1) is 28.2. The molecule has 4 atom stereocenters. The summed E-state index contributed by atoms with van der Waals surface area (Å²) >= 11 is 0. The molecule has 7 amide bonds. The number of amides is 7. The van der Waals surface area contributed by atoms with E-state index in [1.165, 1.54) is 35.3 Å². The van der Waals surface area contributed by atoms with Crippen LogP contribution >= 0.6 is 0 Å². The second kappa shape index (κ2) is 22.4. The summed E-state index contributed by atoms with van der Waals surface area (Å²) in [4.78, 5) is 92.8. The zero-order valence-electron chi connectivity index (χ0n) is 33.2. The third-order valence-electron chi connectivity index (χ3n) is 9.46. The molecule has 0 radical (unpaired) electrons. The summed E-state index contributed by atoms with van der Waals surface area (Å²) in [5, 5.41) is 10.7. The largest absolute Gasteiger partial charge is 0.445 e. The van der Waals surface area contributed by atoms with E-state index in [4.69, 9.17) is 16.2 Å². The highest BCUT2D eigenvalue weighted by molar-refractivity contribution is 6.03. The Morgan fingerprint density at radius 3 is 1.98 bits per heavy atom. The molecular formula is C43H52FN7O8. The van der Waals surface area contributed by atoms with Gasteiger partial charge in [-0.2, -0.15) is 0 Å². The lowest BCUT2D eigenvalue weighted by molar-refractivity contribution is -0.133. The molecular weight excluding hydrogens is 762 g/mol. The monoisotopic (exact) mass is 813 g/mol. The molecule has 16 heteroatoms. The van der Waals surface area contributed by atoms with Crippen LogP contribution < -0.4 is 37.6 Å². The van der Waals surface area contributed by atoms with Gasteiger partial charge in [0, 0.05) is 43.6 Å². The molecule has 0 fully saturated rings. The van der Waals surface area contributed by atoms with Crippen LogP contribution in [0.2, 0.25) is 0 Å². The van der Waals surface area contributed by atoms with E-state index in [-0.39, 0.29) is 51.0 Å². The molecule has 1 heterocycles. The van der Waals surface area contributed by atoms with Crippen LogP contribution in [0.3, 0.4) is 0 Å². The molecule has 8 N–H and O–H groups in total. The third-order valence-corrected chi connectivity index (χ3v) is 9.46. The SMILES string of the molecule is CC(C)C[C@H](NC(=O)OCc1ccccc1)C(=O)N[C@@H](Cc1ccccc1)C(=O)N[C@@H](CCC(N)=O)C(=O)N[C@H](/C=C/C(=O)N1CCc2cc(F)ccc21)CCC(N)=O. The van der Waals surface area contributed by atoms with Crippen LogP contribution in [0.1, 0.15) is 62.6 Å². The first kappa shape index (κ1) is 45.1. The Morgan fingerprint density at radius 1 is 0.746 bits per heavy atom. The molecule has 314 valence electrons. The minimum absolute atomic E-state index is 0.00610. The van der Waals surface area contributed by atoms with Gasteiger partial charge in [0.2, 0.25) is 29.5 Å². The van der Waals surface area contributed by atoms with E-state index in [9.17, 15) is 38.0 Å². The summed E-state index contributed by atoms with van der Waals surface area (Å²) in [6, 6.07) is 17.3. The van der Waals surface area contributed by atoms with Crippen LogP contribution in [0.4, 0.5) is 14.9 Å². The quantitative estimate of drug-likeness (QED) is 0.0874. The van der Waals surface area contributed by atoms with Crippen molar-refractivity contribution in [2.75, 3.05) is 11.4 Å². The van der Waals surface area contributed by atoms with Crippen molar-refractivity contribution >= 4 is 47.2 Å². The maximum absolute atomic E-state index is 14.1. The molecule has 0 aliphatic carbocycles. The Bertz CT molecular complexity index is 1980. The molecule has 0 saturated heterocycles. The molecule has 1 aliphatic rings. The van der Waals surface area contributed by atoms with Gasteiger partial charge in [-0.3, -0.25) is 28.8 Å². The lowest BCUT2D eigenvalue weighted by Crippen LogP contribution is -2.58. The number of halogens is 1. The molecule has 0 unspecified atom stereocenters. The molecule has 59 heavy (non-hydrogen) atoms. The predicted molar refractivity (Wildman–Crippen MR) is 217 cm³/mol. The van der Waals surface area contributed by atoms with Gasteiger partial charge in [0.05, 0.1) is 0 Å². The number of nitrogens with one attached hydrogen (secondary N) is 4. The number of ether oxygens (including phenoxy) is 1. The van der Waals surface area contributed by atoms with Gasteiger partial charge in [-0.1, -0.05) is 80.6 Å². The third kappa shape index (κ3) is 15.0. The van der Waals surface area contributed by atoms with E-state index < -0.39 is 71.5 Å². The summed E-state index contributed by atoms with van der Waals surface area (Å²) in [5.74, 6) is -4.52. The minimum Gasteiger partial charge on any atom is -0.445 e. The number of hydrogen-bond donors (Lipinski definition) is 6. The van der Waals surface area contributed by atoms with Gasteiger partial charge in [0.15, 0.2) is 0 Å². The van der Waals surface area contributed by atoms with E-state index in [0.717, 1.165) is 5.56 Å². The van der Waals surface area contributed by atoms with E-state index in [0.29, 0.717) is 29.8 Å². The first-order valence-corrected chi connectivity index (χ1v) is 19.5.